The number of phosphoric acid groups is 1. The molecule has 1 fully saturated rings. The quantitative estimate of drug-likeness (QED) is 0.148. The number of hydrogen-bond donors (Lipinski definition) is 3. The molecule has 18 heteroatoms. The Morgan fingerprint density at radius 3 is 2.20 bits per heavy atom. The van der Waals surface area contributed by atoms with Crippen molar-refractivity contribution in [2.24, 2.45) is 10.7 Å². The normalized spacial score (nSPS) is 24.8. The third-order valence-corrected chi connectivity index (χ3v) is 6.43. The Hall–Kier alpha value is -2.79. The van der Waals surface area contributed by atoms with Crippen LogP contribution in [0.1, 0.15) is 34.1 Å². The van der Waals surface area contributed by atoms with Crippen molar-refractivity contribution in [1.82, 2.24) is 4.90 Å². The Labute approximate surface area is 230 Å². The molecule has 0 aromatic carbocycles. The maximum Gasteiger partial charge on any atom is 0.510 e. The summed E-state index contributed by atoms with van der Waals surface area (Å²) in [5.74, 6) is 0.114. The number of nitrogens with zero attached hydrogens (tertiary/aromatic N) is 2. The Bertz CT molecular complexity index is 978. The predicted octanol–water partition coefficient (Wildman–Crippen LogP) is 2.02. The highest BCUT2D eigenvalue weighted by atomic mass is 31.2. The topological polar surface area (TPSA) is 207 Å². The molecular weight excluding hydrogens is 564 g/mol. The van der Waals surface area contributed by atoms with E-state index in [0.717, 1.165) is 4.90 Å². The first-order valence-electron chi connectivity index (χ1n) is 12.0. The van der Waals surface area contributed by atoms with Crippen LogP contribution in [0.3, 0.4) is 0 Å². The predicted molar refractivity (Wildman–Crippen MR) is 133 cm³/mol. The summed E-state index contributed by atoms with van der Waals surface area (Å²) in [6.07, 6.45) is -6.58. The van der Waals surface area contributed by atoms with Crippen molar-refractivity contribution < 1.29 is 66.0 Å². The van der Waals surface area contributed by atoms with E-state index in [0.29, 0.717) is 0 Å². The first-order valence-corrected chi connectivity index (χ1v) is 13.5. The monoisotopic (exact) mass is 599 g/mol. The van der Waals surface area contributed by atoms with Crippen molar-refractivity contribution in [3.8, 4) is 0 Å². The standard InChI is InChI=1S/C22H35FN3O13P/c1-13(2)37-20(29)32-11-35-40(31,36-12-33-21(30)38-14(3)4)34-10-22(7-9-27)18(28)17(23)19(39-22)26-8-6-16(24)25-15(26)5/h6,8,13-14,17-19,27-28H,5,7,9-12H2,1-4H3,(H2,24,25)/t17-,18+,19-,22-/m1/s1. The molecule has 0 spiro atoms. The fraction of sp³-hybridized carbons (Fsp3) is 0.682. The molecule has 0 radical (unpaired) electrons. The van der Waals surface area contributed by atoms with E-state index in [1.165, 1.54) is 12.3 Å². The highest BCUT2D eigenvalue weighted by Gasteiger charge is 2.58. The van der Waals surface area contributed by atoms with E-state index in [-0.39, 0.29) is 11.7 Å². The summed E-state index contributed by atoms with van der Waals surface area (Å²) < 4.78 is 68.4. The van der Waals surface area contributed by atoms with Gasteiger partial charge in [-0.25, -0.2) is 32.6 Å². The summed E-state index contributed by atoms with van der Waals surface area (Å²) in [5, 5.41) is 20.4. The molecule has 0 bridgehead atoms. The molecule has 4 atom stereocenters. The zero-order chi connectivity index (χ0) is 30.1. The average molecular weight is 600 g/mol. The molecule has 0 saturated carbocycles. The van der Waals surface area contributed by atoms with Crippen molar-refractivity contribution in [1.29, 1.82) is 0 Å². The molecule has 1 saturated heterocycles. The summed E-state index contributed by atoms with van der Waals surface area (Å²) in [6.45, 7) is 6.43. The summed E-state index contributed by atoms with van der Waals surface area (Å²) >= 11 is 0. The van der Waals surface area contributed by atoms with Gasteiger partial charge in [-0.1, -0.05) is 6.58 Å². The Kier molecular flexibility index (Phi) is 12.3. The highest BCUT2D eigenvalue weighted by molar-refractivity contribution is 7.48. The molecule has 228 valence electrons. The molecule has 0 aliphatic carbocycles. The number of alkyl halides is 1. The average Bonchev–Trinajstić information content (AvgIpc) is 3.08. The maximum absolute atomic E-state index is 15.3. The molecule has 4 N–H and O–H groups in total. The second-order valence-electron chi connectivity index (χ2n) is 8.95. The van der Waals surface area contributed by atoms with Gasteiger partial charge in [-0.2, -0.15) is 0 Å². The fourth-order valence-electron chi connectivity index (χ4n) is 3.37. The number of phosphoric ester groups is 1. The summed E-state index contributed by atoms with van der Waals surface area (Å²) in [5.41, 5.74) is 3.62. The molecule has 0 aromatic heterocycles. The van der Waals surface area contributed by atoms with Crippen LogP contribution in [-0.4, -0.2) is 96.4 Å². The lowest BCUT2D eigenvalue weighted by atomic mass is 9.93. The van der Waals surface area contributed by atoms with Crippen LogP contribution in [-0.2, 0) is 41.8 Å². The van der Waals surface area contributed by atoms with Gasteiger partial charge in [-0.05, 0) is 33.8 Å². The van der Waals surface area contributed by atoms with Crippen molar-refractivity contribution in [3.63, 3.8) is 0 Å². The lowest BCUT2D eigenvalue weighted by molar-refractivity contribution is -0.144. The molecule has 2 rings (SSSR count). The van der Waals surface area contributed by atoms with Crippen LogP contribution in [0.15, 0.2) is 29.7 Å². The third-order valence-electron chi connectivity index (χ3n) is 5.15. The van der Waals surface area contributed by atoms with Crippen LogP contribution in [0.5, 0.6) is 0 Å². The number of aliphatic hydroxyl groups excluding tert-OH is 2. The van der Waals surface area contributed by atoms with Crippen molar-refractivity contribution in [2.45, 2.75) is 70.4 Å². The van der Waals surface area contributed by atoms with Gasteiger partial charge in [0.1, 0.15) is 23.4 Å². The van der Waals surface area contributed by atoms with E-state index >= 15 is 4.39 Å². The van der Waals surface area contributed by atoms with E-state index in [2.05, 4.69) is 21.0 Å². The number of hydrogen-bond acceptors (Lipinski definition) is 16. The molecule has 0 amide bonds. The molecule has 0 aromatic rings. The van der Waals surface area contributed by atoms with Gasteiger partial charge < -0.3 is 44.5 Å². The minimum Gasteiger partial charge on any atom is -0.432 e. The summed E-state index contributed by atoms with van der Waals surface area (Å²) in [6, 6.07) is 0. The van der Waals surface area contributed by atoms with Gasteiger partial charge in [-0.15, -0.1) is 0 Å². The van der Waals surface area contributed by atoms with Gasteiger partial charge in [0, 0.05) is 19.2 Å². The van der Waals surface area contributed by atoms with E-state index in [9.17, 15) is 24.4 Å². The van der Waals surface area contributed by atoms with Gasteiger partial charge in [0.2, 0.25) is 13.6 Å². The van der Waals surface area contributed by atoms with E-state index in [1.54, 1.807) is 27.7 Å². The second-order valence-corrected chi connectivity index (χ2v) is 10.6. The summed E-state index contributed by atoms with van der Waals surface area (Å²) in [7, 11) is -4.78. The van der Waals surface area contributed by atoms with Crippen LogP contribution < -0.4 is 5.73 Å². The number of carbonyl (C=O) groups excluding carboxylic acids is 2. The van der Waals surface area contributed by atoms with Crippen molar-refractivity contribution >= 4 is 26.0 Å². The highest BCUT2D eigenvalue weighted by Crippen LogP contribution is 2.51. The van der Waals surface area contributed by atoms with E-state index in [4.69, 9.17) is 33.5 Å². The molecule has 16 nitrogen and oxygen atoms in total. The minimum absolute atomic E-state index is 0.00812. The lowest BCUT2D eigenvalue weighted by Crippen LogP contribution is -2.46. The summed E-state index contributed by atoms with van der Waals surface area (Å²) in [4.78, 5) is 28.3. The number of aliphatic imine (C=N–C) groups is 1. The van der Waals surface area contributed by atoms with Crippen LogP contribution in [0.25, 0.3) is 0 Å². The molecule has 40 heavy (non-hydrogen) atoms. The molecule has 2 aliphatic heterocycles. The van der Waals surface area contributed by atoms with E-state index < -0.39 is 89.7 Å². The first-order chi connectivity index (χ1) is 18.7. The zero-order valence-corrected chi connectivity index (χ0v) is 23.4. The number of halogens is 1. The van der Waals surface area contributed by atoms with Crippen molar-refractivity contribution in [3.05, 3.63) is 24.7 Å². The Morgan fingerprint density at radius 1 is 1.18 bits per heavy atom. The molecule has 0 unspecified atom stereocenters. The van der Waals surface area contributed by atoms with Crippen LogP contribution in [0.4, 0.5) is 14.0 Å². The van der Waals surface area contributed by atoms with Crippen LogP contribution in [0.2, 0.25) is 0 Å². The Balaban J connectivity index is 2.17. The van der Waals surface area contributed by atoms with Crippen LogP contribution in [0, 0.1) is 0 Å². The number of amidine groups is 1. The number of rotatable bonds is 14. The van der Waals surface area contributed by atoms with Gasteiger partial charge in [0.25, 0.3) is 0 Å². The first kappa shape index (κ1) is 33.4. The number of carbonyl (C=O) groups is 2. The second kappa shape index (κ2) is 14.7. The largest absolute Gasteiger partial charge is 0.510 e. The van der Waals surface area contributed by atoms with Crippen molar-refractivity contribution in [2.75, 3.05) is 26.8 Å². The smallest absolute Gasteiger partial charge is 0.432 e. The molecule has 2 heterocycles. The molecule has 2 aliphatic rings. The van der Waals surface area contributed by atoms with Crippen LogP contribution >= 0.6 is 7.82 Å². The number of aliphatic hydroxyl groups is 2. The Morgan fingerprint density at radius 2 is 1.73 bits per heavy atom. The SMILES string of the molecule is C=C1N=C(N)C=CN1[C@@H]1O[C@](CCO)(COP(=O)(OCOC(=O)OC(C)C)OCOC(=O)OC(C)C)[C@@H](O)[C@H]1F. The zero-order valence-electron chi connectivity index (χ0n) is 22.5. The number of nitrogens with two attached hydrogens (primary N) is 1. The third kappa shape index (κ3) is 9.40. The maximum atomic E-state index is 15.3. The van der Waals surface area contributed by atoms with Gasteiger partial charge in [0.05, 0.1) is 18.8 Å². The van der Waals surface area contributed by atoms with Gasteiger partial charge in [0.15, 0.2) is 12.4 Å². The lowest BCUT2D eigenvalue weighted by Gasteiger charge is -2.34. The van der Waals surface area contributed by atoms with Gasteiger partial charge >= 0.3 is 20.1 Å². The van der Waals surface area contributed by atoms with Gasteiger partial charge in [-0.3, -0.25) is 4.52 Å². The number of ether oxygens (including phenoxy) is 5. The molecular formula is C22H35FN3O13P. The van der Waals surface area contributed by atoms with E-state index in [1.807, 2.05) is 0 Å². The minimum atomic E-state index is -4.78. The fourth-order valence-corrected chi connectivity index (χ4v) is 4.33.